The zero-order valence-corrected chi connectivity index (χ0v) is 19.1. The van der Waals surface area contributed by atoms with E-state index >= 15 is 0 Å². The normalized spacial score (nSPS) is 27.9. The van der Waals surface area contributed by atoms with E-state index in [9.17, 15) is 15.0 Å². The fourth-order valence-corrected chi connectivity index (χ4v) is 5.24. The highest BCUT2D eigenvalue weighted by atomic mass is 35.5. The Morgan fingerprint density at radius 1 is 1.26 bits per heavy atom. The number of hydrogen-bond donors (Lipinski definition) is 2. The summed E-state index contributed by atoms with van der Waals surface area (Å²) < 4.78 is 11.1. The molecule has 1 aromatic carbocycles. The predicted molar refractivity (Wildman–Crippen MR) is 121 cm³/mol. The molecule has 0 saturated heterocycles. The zero-order chi connectivity index (χ0) is 22.2. The molecule has 1 unspecified atom stereocenters. The highest BCUT2D eigenvalue weighted by Crippen LogP contribution is 2.40. The van der Waals surface area contributed by atoms with Crippen molar-refractivity contribution in [1.29, 1.82) is 0 Å². The summed E-state index contributed by atoms with van der Waals surface area (Å²) in [5.74, 6) is 0.775. The molecule has 1 aromatic rings. The number of benzene rings is 1. The number of aliphatic hydroxyl groups is 2. The molecule has 0 heterocycles. The lowest BCUT2D eigenvalue weighted by atomic mass is 9.88. The Bertz CT molecular complexity index is 749. The van der Waals surface area contributed by atoms with Gasteiger partial charge in [0.05, 0.1) is 25.4 Å². The molecule has 31 heavy (non-hydrogen) atoms. The maximum atomic E-state index is 11.4. The minimum Gasteiger partial charge on any atom is -0.493 e. The molecule has 0 spiro atoms. The van der Waals surface area contributed by atoms with Gasteiger partial charge in [0.25, 0.3) is 0 Å². The Kier molecular flexibility index (Phi) is 9.24. The number of unbranched alkanes of at least 4 members (excludes halogenated alkanes) is 1. The van der Waals surface area contributed by atoms with Gasteiger partial charge in [-0.1, -0.05) is 24.3 Å². The summed E-state index contributed by atoms with van der Waals surface area (Å²) in [7, 11) is 0. The molecule has 5 atom stereocenters. The van der Waals surface area contributed by atoms with Gasteiger partial charge in [-0.25, -0.2) is 0 Å². The molecule has 1 fully saturated rings. The van der Waals surface area contributed by atoms with E-state index in [0.717, 1.165) is 55.4 Å². The summed E-state index contributed by atoms with van der Waals surface area (Å²) in [4.78, 5) is 11.4. The summed E-state index contributed by atoms with van der Waals surface area (Å²) in [6, 6.07) is 5.85. The maximum Gasteiger partial charge on any atom is 0.305 e. The van der Waals surface area contributed by atoms with Crippen LogP contribution in [0, 0.1) is 11.8 Å². The molecule has 2 aliphatic rings. The van der Waals surface area contributed by atoms with Crippen LogP contribution in [-0.4, -0.2) is 40.9 Å². The van der Waals surface area contributed by atoms with Gasteiger partial charge in [-0.05, 0) is 75.0 Å². The molecule has 0 aliphatic heterocycles. The lowest BCUT2D eigenvalue weighted by Crippen LogP contribution is -2.27. The molecule has 0 bridgehead atoms. The van der Waals surface area contributed by atoms with Gasteiger partial charge in [0.15, 0.2) is 0 Å². The number of allylic oxidation sites excluding steroid dienone is 2. The number of fused-ring (bicyclic) bond motifs is 1. The van der Waals surface area contributed by atoms with Crippen LogP contribution in [0.25, 0.3) is 0 Å². The van der Waals surface area contributed by atoms with Crippen molar-refractivity contribution >= 4 is 17.6 Å². The SMILES string of the molecule is CCOC(=O)CCC/C=C\C[C@@H]1[C@@H](COc2cccc3c2CCCC3O)[C@H](O)C[C@H]1Cl. The number of carbonyl (C=O) groups excluding carboxylic acids is 1. The summed E-state index contributed by atoms with van der Waals surface area (Å²) >= 11 is 6.56. The van der Waals surface area contributed by atoms with Crippen molar-refractivity contribution in [3.05, 3.63) is 41.5 Å². The van der Waals surface area contributed by atoms with Gasteiger partial charge < -0.3 is 19.7 Å². The van der Waals surface area contributed by atoms with Gasteiger partial charge >= 0.3 is 5.97 Å². The van der Waals surface area contributed by atoms with Crippen molar-refractivity contribution in [3.8, 4) is 5.75 Å². The summed E-state index contributed by atoms with van der Waals surface area (Å²) in [6.07, 6.45) is 9.33. The lowest BCUT2D eigenvalue weighted by Gasteiger charge is -2.26. The fraction of sp³-hybridized carbons (Fsp3) is 0.640. The first kappa shape index (κ1) is 24.1. The molecule has 172 valence electrons. The lowest BCUT2D eigenvalue weighted by molar-refractivity contribution is -0.143. The van der Waals surface area contributed by atoms with Crippen LogP contribution >= 0.6 is 11.6 Å². The van der Waals surface area contributed by atoms with E-state index in [1.165, 1.54) is 0 Å². The highest BCUT2D eigenvalue weighted by Gasteiger charge is 2.41. The fourth-order valence-electron chi connectivity index (χ4n) is 4.77. The van der Waals surface area contributed by atoms with Crippen LogP contribution in [0.4, 0.5) is 0 Å². The summed E-state index contributed by atoms with van der Waals surface area (Å²) in [5.41, 5.74) is 2.06. The van der Waals surface area contributed by atoms with Gasteiger partial charge in [0.2, 0.25) is 0 Å². The van der Waals surface area contributed by atoms with E-state index < -0.39 is 12.2 Å². The number of esters is 1. The molecular weight excluding hydrogens is 416 g/mol. The van der Waals surface area contributed by atoms with Crippen molar-refractivity contribution in [3.63, 3.8) is 0 Å². The molecule has 2 aliphatic carbocycles. The van der Waals surface area contributed by atoms with Crippen LogP contribution in [-0.2, 0) is 16.0 Å². The quantitative estimate of drug-likeness (QED) is 0.233. The number of rotatable bonds is 10. The van der Waals surface area contributed by atoms with Crippen molar-refractivity contribution in [2.24, 2.45) is 11.8 Å². The molecule has 2 N–H and O–H groups in total. The van der Waals surface area contributed by atoms with Gasteiger partial charge in [0.1, 0.15) is 5.75 Å². The molecule has 0 radical (unpaired) electrons. The number of aliphatic hydroxyl groups excluding tert-OH is 2. The Hall–Kier alpha value is -1.56. The monoisotopic (exact) mass is 450 g/mol. The average Bonchev–Trinajstić information content (AvgIpc) is 3.02. The second kappa shape index (κ2) is 11.9. The average molecular weight is 451 g/mol. The second-order valence-corrected chi connectivity index (χ2v) is 9.15. The number of halogens is 1. The third kappa shape index (κ3) is 6.47. The first-order valence-corrected chi connectivity index (χ1v) is 12.0. The van der Waals surface area contributed by atoms with E-state index in [-0.39, 0.29) is 23.2 Å². The highest BCUT2D eigenvalue weighted by molar-refractivity contribution is 6.21. The van der Waals surface area contributed by atoms with Crippen molar-refractivity contribution in [2.75, 3.05) is 13.2 Å². The van der Waals surface area contributed by atoms with E-state index in [4.69, 9.17) is 21.1 Å². The van der Waals surface area contributed by atoms with E-state index in [1.807, 2.05) is 25.1 Å². The second-order valence-electron chi connectivity index (χ2n) is 8.59. The Labute approximate surface area is 190 Å². The maximum absolute atomic E-state index is 11.4. The molecule has 0 aromatic heterocycles. The van der Waals surface area contributed by atoms with Crippen molar-refractivity contribution in [2.45, 2.75) is 75.9 Å². The number of carbonyl (C=O) groups is 1. The van der Waals surface area contributed by atoms with Crippen LogP contribution < -0.4 is 4.74 Å². The van der Waals surface area contributed by atoms with E-state index in [2.05, 4.69) is 12.2 Å². The Balaban J connectivity index is 1.52. The first-order chi connectivity index (χ1) is 15.0. The van der Waals surface area contributed by atoms with Gasteiger partial charge in [-0.15, -0.1) is 11.6 Å². The smallest absolute Gasteiger partial charge is 0.305 e. The topological polar surface area (TPSA) is 76.0 Å². The minimum atomic E-state index is -0.477. The molecule has 3 rings (SSSR count). The third-order valence-electron chi connectivity index (χ3n) is 6.47. The molecule has 5 nitrogen and oxygen atoms in total. The summed E-state index contributed by atoms with van der Waals surface area (Å²) in [5, 5.41) is 20.7. The van der Waals surface area contributed by atoms with Crippen LogP contribution in [0.2, 0.25) is 0 Å². The van der Waals surface area contributed by atoms with Crippen LogP contribution in [0.1, 0.15) is 69.1 Å². The van der Waals surface area contributed by atoms with Gasteiger partial charge in [-0.3, -0.25) is 4.79 Å². The summed E-state index contributed by atoms with van der Waals surface area (Å²) in [6.45, 7) is 2.65. The third-order valence-corrected chi connectivity index (χ3v) is 6.97. The molecule has 1 saturated carbocycles. The molecule has 6 heteroatoms. The van der Waals surface area contributed by atoms with E-state index in [0.29, 0.717) is 26.1 Å². The van der Waals surface area contributed by atoms with Crippen LogP contribution in [0.15, 0.2) is 30.4 Å². The van der Waals surface area contributed by atoms with Crippen molar-refractivity contribution < 1.29 is 24.5 Å². The largest absolute Gasteiger partial charge is 0.493 e. The van der Waals surface area contributed by atoms with Gasteiger partial charge in [-0.2, -0.15) is 0 Å². The number of hydrogen-bond acceptors (Lipinski definition) is 5. The van der Waals surface area contributed by atoms with E-state index in [1.54, 1.807) is 0 Å². The van der Waals surface area contributed by atoms with Gasteiger partial charge in [0, 0.05) is 17.7 Å². The van der Waals surface area contributed by atoms with Crippen LogP contribution in [0.3, 0.4) is 0 Å². The Morgan fingerprint density at radius 2 is 2.10 bits per heavy atom. The van der Waals surface area contributed by atoms with Crippen molar-refractivity contribution in [1.82, 2.24) is 0 Å². The standard InChI is InChI=1S/C25H35ClO5/c1-2-30-25(29)14-6-4-3-5-9-17-20(23(28)15-21(17)26)16-31-24-13-8-10-18-19(24)11-7-12-22(18)27/h3,5,8,10,13,17,20-23,27-28H,2,4,6-7,9,11-12,14-16H2,1H3/b5-3-/t17-,20-,21-,22?,23-/m1/s1. The minimum absolute atomic E-state index is 0.0314. The Morgan fingerprint density at radius 3 is 2.90 bits per heavy atom. The molecule has 0 amide bonds. The number of ether oxygens (including phenoxy) is 2. The van der Waals surface area contributed by atoms with Crippen LogP contribution in [0.5, 0.6) is 5.75 Å². The predicted octanol–water partition coefficient (Wildman–Crippen LogP) is 4.72. The number of alkyl halides is 1. The molecular formula is C25H35ClO5. The zero-order valence-electron chi connectivity index (χ0n) is 18.3. The first-order valence-electron chi connectivity index (χ1n) is 11.6.